The van der Waals surface area contributed by atoms with Crippen molar-refractivity contribution < 1.29 is 4.39 Å². The molecule has 3 heteroatoms. The normalized spacial score (nSPS) is 14.8. The summed E-state index contributed by atoms with van der Waals surface area (Å²) < 4.78 is 13.3. The molecular formula is C13H19ClFN. The summed E-state index contributed by atoms with van der Waals surface area (Å²) in [6.07, 6.45) is 1.82. The third kappa shape index (κ3) is 3.19. The van der Waals surface area contributed by atoms with Gasteiger partial charge in [-0.3, -0.25) is 0 Å². The summed E-state index contributed by atoms with van der Waals surface area (Å²) in [6, 6.07) is 5.01. The summed E-state index contributed by atoms with van der Waals surface area (Å²) in [6.45, 7) is 5.23. The van der Waals surface area contributed by atoms with Gasteiger partial charge in [-0.25, -0.2) is 4.39 Å². The van der Waals surface area contributed by atoms with E-state index in [9.17, 15) is 4.39 Å². The van der Waals surface area contributed by atoms with E-state index in [1.54, 1.807) is 6.07 Å². The average Bonchev–Trinajstić information content (AvgIpc) is 2.25. The van der Waals surface area contributed by atoms with Gasteiger partial charge in [-0.1, -0.05) is 37.6 Å². The van der Waals surface area contributed by atoms with Crippen LogP contribution in [0.2, 0.25) is 5.02 Å². The number of hydrogen-bond acceptors (Lipinski definition) is 1. The van der Waals surface area contributed by atoms with Gasteiger partial charge in [-0.15, -0.1) is 0 Å². The molecule has 16 heavy (non-hydrogen) atoms. The highest BCUT2D eigenvalue weighted by molar-refractivity contribution is 6.31. The van der Waals surface area contributed by atoms with Gasteiger partial charge < -0.3 is 5.32 Å². The maximum atomic E-state index is 13.3. The molecule has 0 aliphatic heterocycles. The van der Waals surface area contributed by atoms with Gasteiger partial charge in [-0.05, 0) is 36.9 Å². The van der Waals surface area contributed by atoms with Crippen molar-refractivity contribution in [3.05, 3.63) is 34.6 Å². The molecule has 0 heterocycles. The van der Waals surface area contributed by atoms with E-state index in [-0.39, 0.29) is 16.3 Å². The number of rotatable bonds is 5. The van der Waals surface area contributed by atoms with Crippen LogP contribution >= 0.6 is 11.6 Å². The summed E-state index contributed by atoms with van der Waals surface area (Å²) in [5, 5.41) is 3.44. The van der Waals surface area contributed by atoms with Crippen LogP contribution in [-0.2, 0) is 6.42 Å². The first-order chi connectivity index (χ1) is 7.52. The molecule has 90 valence electrons. The first-order valence-electron chi connectivity index (χ1n) is 5.60. The van der Waals surface area contributed by atoms with Crippen LogP contribution in [-0.4, -0.2) is 13.6 Å². The lowest BCUT2D eigenvalue weighted by atomic mass is 9.81. The fraction of sp³-hybridized carbons (Fsp3) is 0.538. The monoisotopic (exact) mass is 243 g/mol. The lowest BCUT2D eigenvalue weighted by Gasteiger charge is -2.28. The first-order valence-corrected chi connectivity index (χ1v) is 5.97. The zero-order valence-electron chi connectivity index (χ0n) is 10.1. The van der Waals surface area contributed by atoms with Gasteiger partial charge in [-0.2, -0.15) is 0 Å². The molecule has 0 saturated heterocycles. The van der Waals surface area contributed by atoms with Crippen molar-refractivity contribution in [1.29, 1.82) is 0 Å². The topological polar surface area (TPSA) is 12.0 Å². The van der Waals surface area contributed by atoms with Crippen molar-refractivity contribution in [3.8, 4) is 0 Å². The third-order valence-electron chi connectivity index (χ3n) is 3.11. The van der Waals surface area contributed by atoms with Crippen molar-refractivity contribution in [2.75, 3.05) is 13.6 Å². The Balaban J connectivity index is 2.90. The average molecular weight is 244 g/mol. The van der Waals surface area contributed by atoms with E-state index in [1.807, 2.05) is 13.1 Å². The lowest BCUT2D eigenvalue weighted by Crippen LogP contribution is -2.31. The minimum Gasteiger partial charge on any atom is -0.319 e. The second kappa shape index (κ2) is 5.65. The Labute approximate surface area is 102 Å². The number of halogens is 2. The van der Waals surface area contributed by atoms with E-state index in [0.29, 0.717) is 0 Å². The van der Waals surface area contributed by atoms with Crippen LogP contribution in [0.3, 0.4) is 0 Å². The van der Waals surface area contributed by atoms with Gasteiger partial charge in [0.1, 0.15) is 5.82 Å². The maximum Gasteiger partial charge on any atom is 0.142 e. The number of nitrogens with one attached hydrogen (secondary N) is 1. The van der Waals surface area contributed by atoms with E-state index < -0.39 is 0 Å². The lowest BCUT2D eigenvalue weighted by molar-refractivity contribution is 0.298. The summed E-state index contributed by atoms with van der Waals surface area (Å²) in [4.78, 5) is 0. The highest BCUT2D eigenvalue weighted by Gasteiger charge is 2.23. The minimum atomic E-state index is -0.331. The van der Waals surface area contributed by atoms with Crippen molar-refractivity contribution in [2.24, 2.45) is 5.41 Å². The van der Waals surface area contributed by atoms with E-state index in [0.717, 1.165) is 24.9 Å². The first kappa shape index (κ1) is 13.5. The highest BCUT2D eigenvalue weighted by Crippen LogP contribution is 2.30. The van der Waals surface area contributed by atoms with E-state index >= 15 is 0 Å². The molecule has 1 atom stereocenters. The molecule has 0 aliphatic carbocycles. The SMILES string of the molecule is CCC(C)(CNC)Cc1cccc(F)c1Cl. The molecule has 1 nitrogen and oxygen atoms in total. The van der Waals surface area contributed by atoms with E-state index in [4.69, 9.17) is 11.6 Å². The van der Waals surface area contributed by atoms with Gasteiger partial charge in [0.2, 0.25) is 0 Å². The molecule has 0 aliphatic rings. The van der Waals surface area contributed by atoms with Crippen molar-refractivity contribution in [2.45, 2.75) is 26.7 Å². The molecule has 1 aromatic rings. The molecule has 1 unspecified atom stereocenters. The number of benzene rings is 1. The molecule has 0 amide bonds. The van der Waals surface area contributed by atoms with Crippen LogP contribution in [0.4, 0.5) is 4.39 Å². The minimum absolute atomic E-state index is 0.117. The van der Waals surface area contributed by atoms with Gasteiger partial charge in [0.15, 0.2) is 0 Å². The summed E-state index contributed by atoms with van der Waals surface area (Å²) >= 11 is 5.96. The van der Waals surface area contributed by atoms with Gasteiger partial charge in [0.25, 0.3) is 0 Å². The second-order valence-electron chi connectivity index (χ2n) is 4.58. The van der Waals surface area contributed by atoms with E-state index in [2.05, 4.69) is 19.2 Å². The Morgan fingerprint density at radius 3 is 2.69 bits per heavy atom. The van der Waals surface area contributed by atoms with Crippen molar-refractivity contribution >= 4 is 11.6 Å². The smallest absolute Gasteiger partial charge is 0.142 e. The fourth-order valence-electron chi connectivity index (χ4n) is 1.88. The van der Waals surface area contributed by atoms with Gasteiger partial charge in [0.05, 0.1) is 5.02 Å². The maximum absolute atomic E-state index is 13.3. The Hall–Kier alpha value is -0.600. The second-order valence-corrected chi connectivity index (χ2v) is 4.96. The van der Waals surface area contributed by atoms with Crippen LogP contribution in [0.1, 0.15) is 25.8 Å². The Morgan fingerprint density at radius 2 is 2.12 bits per heavy atom. The standard InChI is InChI=1S/C13H19ClFN/c1-4-13(2,9-16-3)8-10-6-5-7-11(15)12(10)14/h5-7,16H,4,8-9H2,1-3H3. The van der Waals surface area contributed by atoms with E-state index in [1.165, 1.54) is 6.07 Å². The molecule has 0 radical (unpaired) electrons. The predicted molar refractivity (Wildman–Crippen MR) is 67.4 cm³/mol. The highest BCUT2D eigenvalue weighted by atomic mass is 35.5. The molecule has 1 N–H and O–H groups in total. The zero-order chi connectivity index (χ0) is 12.2. The predicted octanol–water partition coefficient (Wildman–Crippen LogP) is 3.66. The number of hydrogen-bond donors (Lipinski definition) is 1. The largest absolute Gasteiger partial charge is 0.319 e. The van der Waals surface area contributed by atoms with Gasteiger partial charge >= 0.3 is 0 Å². The Bertz CT molecular complexity index is 354. The Kier molecular flexibility index (Phi) is 4.75. The molecule has 0 bridgehead atoms. The van der Waals surface area contributed by atoms with Crippen molar-refractivity contribution in [1.82, 2.24) is 5.32 Å². The summed E-state index contributed by atoms with van der Waals surface area (Å²) in [5.41, 5.74) is 1.01. The molecule has 0 fully saturated rings. The van der Waals surface area contributed by atoms with Crippen LogP contribution < -0.4 is 5.32 Å². The quantitative estimate of drug-likeness (QED) is 0.832. The Morgan fingerprint density at radius 1 is 1.44 bits per heavy atom. The van der Waals surface area contributed by atoms with Crippen LogP contribution in [0.25, 0.3) is 0 Å². The summed E-state index contributed by atoms with van der Waals surface area (Å²) in [5.74, 6) is -0.331. The van der Waals surface area contributed by atoms with Gasteiger partial charge in [0, 0.05) is 6.54 Å². The molecule has 1 rings (SSSR count). The summed E-state index contributed by atoms with van der Waals surface area (Å²) in [7, 11) is 1.93. The van der Waals surface area contributed by atoms with Crippen LogP contribution in [0, 0.1) is 11.2 Å². The van der Waals surface area contributed by atoms with Crippen LogP contribution in [0.5, 0.6) is 0 Å². The molecule has 1 aromatic carbocycles. The molecular weight excluding hydrogens is 225 g/mol. The molecule has 0 saturated carbocycles. The molecule has 0 spiro atoms. The fourth-order valence-corrected chi connectivity index (χ4v) is 2.08. The molecule has 0 aromatic heterocycles. The van der Waals surface area contributed by atoms with Crippen molar-refractivity contribution in [3.63, 3.8) is 0 Å². The third-order valence-corrected chi connectivity index (χ3v) is 3.53. The van der Waals surface area contributed by atoms with Crippen LogP contribution in [0.15, 0.2) is 18.2 Å². The zero-order valence-corrected chi connectivity index (χ0v) is 10.9.